The number of carboxylic acids is 1. The SMILES string of the molecule is Cc1cc2c(N)cccc2c(NC(C)C(=O)O)n1. The molecule has 1 unspecified atom stereocenters. The molecular weight excluding hydrogens is 230 g/mol. The van der Waals surface area contributed by atoms with Gasteiger partial charge in [-0.1, -0.05) is 12.1 Å². The van der Waals surface area contributed by atoms with Gasteiger partial charge in [-0.2, -0.15) is 0 Å². The topological polar surface area (TPSA) is 88.2 Å². The van der Waals surface area contributed by atoms with Crippen LogP contribution in [0.2, 0.25) is 0 Å². The molecule has 0 bridgehead atoms. The number of nitrogen functional groups attached to an aromatic ring is 1. The fourth-order valence-electron chi connectivity index (χ4n) is 1.81. The zero-order valence-electron chi connectivity index (χ0n) is 10.3. The molecule has 0 aliphatic carbocycles. The molecule has 0 spiro atoms. The summed E-state index contributed by atoms with van der Waals surface area (Å²) >= 11 is 0. The highest BCUT2D eigenvalue weighted by atomic mass is 16.4. The molecule has 0 saturated heterocycles. The molecule has 1 aromatic heterocycles. The van der Waals surface area contributed by atoms with E-state index in [0.29, 0.717) is 11.5 Å². The Balaban J connectivity index is 2.56. The van der Waals surface area contributed by atoms with Gasteiger partial charge >= 0.3 is 5.97 Å². The number of hydrogen-bond donors (Lipinski definition) is 3. The van der Waals surface area contributed by atoms with Crippen LogP contribution in [0.4, 0.5) is 11.5 Å². The molecule has 4 N–H and O–H groups in total. The molecule has 1 atom stereocenters. The van der Waals surface area contributed by atoms with Crippen LogP contribution >= 0.6 is 0 Å². The maximum Gasteiger partial charge on any atom is 0.325 e. The Bertz CT molecular complexity index is 610. The van der Waals surface area contributed by atoms with Gasteiger partial charge in [-0.05, 0) is 26.0 Å². The Morgan fingerprint density at radius 3 is 2.83 bits per heavy atom. The lowest BCUT2D eigenvalue weighted by atomic mass is 10.1. The van der Waals surface area contributed by atoms with E-state index in [0.717, 1.165) is 16.5 Å². The van der Waals surface area contributed by atoms with Crippen LogP contribution in [-0.2, 0) is 4.79 Å². The van der Waals surface area contributed by atoms with E-state index < -0.39 is 12.0 Å². The fraction of sp³-hybridized carbons (Fsp3) is 0.231. The van der Waals surface area contributed by atoms with Gasteiger partial charge in [0.05, 0.1) is 0 Å². The zero-order valence-corrected chi connectivity index (χ0v) is 10.3. The second-order valence-corrected chi connectivity index (χ2v) is 4.26. The van der Waals surface area contributed by atoms with Crippen LogP contribution < -0.4 is 11.1 Å². The minimum atomic E-state index is -0.921. The van der Waals surface area contributed by atoms with E-state index in [4.69, 9.17) is 10.8 Å². The number of benzene rings is 1. The third-order valence-electron chi connectivity index (χ3n) is 2.76. The minimum absolute atomic E-state index is 0.548. The smallest absolute Gasteiger partial charge is 0.325 e. The molecule has 0 amide bonds. The summed E-state index contributed by atoms with van der Waals surface area (Å²) in [6, 6.07) is 6.69. The van der Waals surface area contributed by atoms with Gasteiger partial charge in [-0.15, -0.1) is 0 Å². The van der Waals surface area contributed by atoms with Gasteiger partial charge in [0.1, 0.15) is 11.9 Å². The number of pyridine rings is 1. The number of carboxylic acid groups (broad SMARTS) is 1. The first-order chi connectivity index (χ1) is 8.49. The van der Waals surface area contributed by atoms with E-state index in [1.807, 2.05) is 31.2 Å². The Labute approximate surface area is 105 Å². The predicted molar refractivity (Wildman–Crippen MR) is 71.6 cm³/mol. The molecular formula is C13H15N3O2. The Hall–Kier alpha value is -2.30. The first kappa shape index (κ1) is 12.2. The second-order valence-electron chi connectivity index (χ2n) is 4.26. The highest BCUT2D eigenvalue weighted by molar-refractivity contribution is 6.00. The number of aryl methyl sites for hydroxylation is 1. The lowest BCUT2D eigenvalue weighted by molar-refractivity contribution is -0.137. The number of rotatable bonds is 3. The van der Waals surface area contributed by atoms with Crippen LogP contribution in [0.3, 0.4) is 0 Å². The van der Waals surface area contributed by atoms with Crippen molar-refractivity contribution in [1.82, 2.24) is 4.98 Å². The van der Waals surface area contributed by atoms with Gasteiger partial charge in [0, 0.05) is 22.2 Å². The number of nitrogens with one attached hydrogen (secondary N) is 1. The van der Waals surface area contributed by atoms with E-state index in [1.165, 1.54) is 0 Å². The van der Waals surface area contributed by atoms with E-state index in [1.54, 1.807) is 6.92 Å². The van der Waals surface area contributed by atoms with Crippen molar-refractivity contribution in [3.63, 3.8) is 0 Å². The van der Waals surface area contributed by atoms with Crippen LogP contribution in [0, 0.1) is 6.92 Å². The lowest BCUT2D eigenvalue weighted by Crippen LogP contribution is -2.26. The average Bonchev–Trinajstić information content (AvgIpc) is 2.30. The summed E-state index contributed by atoms with van der Waals surface area (Å²) in [5.74, 6) is -0.373. The van der Waals surface area contributed by atoms with E-state index in [2.05, 4.69) is 10.3 Å². The molecule has 0 radical (unpaired) electrons. The van der Waals surface area contributed by atoms with Crippen molar-refractivity contribution in [2.75, 3.05) is 11.1 Å². The average molecular weight is 245 g/mol. The Morgan fingerprint density at radius 1 is 1.44 bits per heavy atom. The molecule has 0 aliphatic rings. The quantitative estimate of drug-likeness (QED) is 0.720. The molecule has 5 nitrogen and oxygen atoms in total. The highest BCUT2D eigenvalue weighted by Gasteiger charge is 2.13. The second kappa shape index (κ2) is 4.52. The van der Waals surface area contributed by atoms with Gasteiger partial charge in [-0.3, -0.25) is 4.79 Å². The van der Waals surface area contributed by atoms with E-state index in [-0.39, 0.29) is 0 Å². The fourth-order valence-corrected chi connectivity index (χ4v) is 1.81. The summed E-state index contributed by atoms with van der Waals surface area (Å²) in [5.41, 5.74) is 7.36. The summed E-state index contributed by atoms with van der Waals surface area (Å²) < 4.78 is 0. The van der Waals surface area contributed by atoms with Crippen molar-refractivity contribution in [2.45, 2.75) is 19.9 Å². The number of hydrogen-bond acceptors (Lipinski definition) is 4. The third kappa shape index (κ3) is 2.20. The summed E-state index contributed by atoms with van der Waals surface area (Å²) in [7, 11) is 0. The van der Waals surface area contributed by atoms with Gasteiger partial charge in [0.25, 0.3) is 0 Å². The largest absolute Gasteiger partial charge is 0.480 e. The zero-order chi connectivity index (χ0) is 13.3. The van der Waals surface area contributed by atoms with Gasteiger partial charge in [-0.25, -0.2) is 4.98 Å². The Morgan fingerprint density at radius 2 is 2.17 bits per heavy atom. The molecule has 1 aromatic carbocycles. The monoisotopic (exact) mass is 245 g/mol. The molecule has 18 heavy (non-hydrogen) atoms. The van der Waals surface area contributed by atoms with Crippen molar-refractivity contribution in [1.29, 1.82) is 0 Å². The summed E-state index contributed by atoms with van der Waals surface area (Å²) in [4.78, 5) is 15.2. The number of aliphatic carboxylic acids is 1. The van der Waals surface area contributed by atoms with Crippen molar-refractivity contribution < 1.29 is 9.90 Å². The molecule has 1 heterocycles. The molecule has 94 valence electrons. The van der Waals surface area contributed by atoms with Gasteiger partial charge in [0.15, 0.2) is 0 Å². The number of carbonyl (C=O) groups is 1. The molecule has 2 rings (SSSR count). The normalized spacial score (nSPS) is 12.3. The van der Waals surface area contributed by atoms with Crippen LogP contribution in [-0.4, -0.2) is 22.1 Å². The van der Waals surface area contributed by atoms with E-state index >= 15 is 0 Å². The maximum absolute atomic E-state index is 10.9. The van der Waals surface area contributed by atoms with Gasteiger partial charge in [0.2, 0.25) is 0 Å². The Kier molecular flexibility index (Phi) is 3.06. The van der Waals surface area contributed by atoms with Crippen molar-refractivity contribution in [3.8, 4) is 0 Å². The first-order valence-corrected chi connectivity index (χ1v) is 5.64. The van der Waals surface area contributed by atoms with Crippen LogP contribution in [0.25, 0.3) is 10.8 Å². The van der Waals surface area contributed by atoms with Gasteiger partial charge < -0.3 is 16.2 Å². The summed E-state index contributed by atoms with van der Waals surface area (Å²) in [6.45, 7) is 3.42. The molecule has 5 heteroatoms. The van der Waals surface area contributed by atoms with Crippen LogP contribution in [0.15, 0.2) is 24.3 Å². The van der Waals surface area contributed by atoms with E-state index in [9.17, 15) is 4.79 Å². The number of anilines is 2. The molecule has 2 aromatic rings. The number of nitrogens with zero attached hydrogens (tertiary/aromatic N) is 1. The first-order valence-electron chi connectivity index (χ1n) is 5.64. The summed E-state index contributed by atoms with van der Waals surface area (Å²) in [5, 5.41) is 13.5. The van der Waals surface area contributed by atoms with Crippen molar-refractivity contribution >= 4 is 28.2 Å². The number of fused-ring (bicyclic) bond motifs is 1. The standard InChI is InChI=1S/C13H15N3O2/c1-7-6-10-9(4-3-5-11(10)14)12(15-7)16-8(2)13(17)18/h3-6,8H,14H2,1-2H3,(H,15,16)(H,17,18). The minimum Gasteiger partial charge on any atom is -0.480 e. The molecule has 0 fully saturated rings. The third-order valence-corrected chi connectivity index (χ3v) is 2.76. The summed E-state index contributed by atoms with van der Waals surface area (Å²) in [6.07, 6.45) is 0. The predicted octanol–water partition coefficient (Wildman–Crippen LogP) is 2.01. The van der Waals surface area contributed by atoms with Crippen LogP contribution in [0.5, 0.6) is 0 Å². The van der Waals surface area contributed by atoms with Crippen molar-refractivity contribution in [2.24, 2.45) is 0 Å². The molecule has 0 saturated carbocycles. The number of aromatic nitrogens is 1. The molecule has 0 aliphatic heterocycles. The number of nitrogens with two attached hydrogens (primary N) is 1. The lowest BCUT2D eigenvalue weighted by Gasteiger charge is -2.14. The highest BCUT2D eigenvalue weighted by Crippen LogP contribution is 2.27. The maximum atomic E-state index is 10.9. The van der Waals surface area contributed by atoms with Crippen LogP contribution in [0.1, 0.15) is 12.6 Å². The van der Waals surface area contributed by atoms with Crippen molar-refractivity contribution in [3.05, 3.63) is 30.0 Å².